The van der Waals surface area contributed by atoms with Crippen molar-refractivity contribution in [1.82, 2.24) is 15.1 Å². The molecule has 0 bridgehead atoms. The van der Waals surface area contributed by atoms with Crippen molar-refractivity contribution in [2.24, 2.45) is 0 Å². The number of benzene rings is 2. The summed E-state index contributed by atoms with van der Waals surface area (Å²) in [5.74, 6) is -0.261. The van der Waals surface area contributed by atoms with Crippen LogP contribution in [0.15, 0.2) is 54.6 Å². The number of aryl methyl sites for hydroxylation is 1. The zero-order chi connectivity index (χ0) is 24.0. The third kappa shape index (κ3) is 6.80. The highest BCUT2D eigenvalue weighted by atomic mass is 35.5. The second kappa shape index (κ2) is 11.0. The van der Waals surface area contributed by atoms with E-state index in [1.165, 1.54) is 6.08 Å². The Morgan fingerprint density at radius 3 is 2.45 bits per heavy atom. The van der Waals surface area contributed by atoms with Crippen molar-refractivity contribution in [3.63, 3.8) is 0 Å². The topological polar surface area (TPSA) is 76.0 Å². The van der Waals surface area contributed by atoms with E-state index in [1.54, 1.807) is 18.2 Å². The smallest absolute Gasteiger partial charge is 0.248 e. The Morgan fingerprint density at radius 1 is 1.09 bits per heavy atom. The Kier molecular flexibility index (Phi) is 8.06. The van der Waals surface area contributed by atoms with Gasteiger partial charge >= 0.3 is 0 Å². The molecule has 0 aliphatic carbocycles. The number of hydrogen-bond acceptors (Lipinski definition) is 3. The molecule has 1 heterocycles. The van der Waals surface area contributed by atoms with Gasteiger partial charge in [-0.15, -0.1) is 0 Å². The molecule has 0 saturated carbocycles. The minimum absolute atomic E-state index is 0.0226. The Morgan fingerprint density at radius 2 is 1.79 bits per heavy atom. The number of aromatic nitrogens is 2. The predicted molar refractivity (Wildman–Crippen MR) is 133 cm³/mol. The lowest BCUT2D eigenvalue weighted by Crippen LogP contribution is -2.31. The average molecular weight is 465 g/mol. The number of hydrogen-bond donors (Lipinski definition) is 2. The van der Waals surface area contributed by atoms with Crippen LogP contribution in [0.5, 0.6) is 0 Å². The van der Waals surface area contributed by atoms with Crippen LogP contribution in [0.2, 0.25) is 5.02 Å². The summed E-state index contributed by atoms with van der Waals surface area (Å²) in [5.41, 5.74) is 5.25. The number of halogens is 1. The normalized spacial score (nSPS) is 11.2. The molecule has 33 heavy (non-hydrogen) atoms. The average Bonchev–Trinajstić information content (AvgIpc) is 3.01. The van der Waals surface area contributed by atoms with Crippen LogP contribution in [0.1, 0.15) is 41.9 Å². The summed E-state index contributed by atoms with van der Waals surface area (Å²) in [5, 5.41) is 11.0. The van der Waals surface area contributed by atoms with Gasteiger partial charge in [-0.1, -0.05) is 41.9 Å². The molecule has 3 rings (SSSR count). The molecule has 0 aliphatic heterocycles. The molecule has 0 saturated heterocycles. The first-order chi connectivity index (χ1) is 15.7. The van der Waals surface area contributed by atoms with E-state index in [9.17, 15) is 9.59 Å². The molecule has 0 atom stereocenters. The maximum atomic E-state index is 12.4. The van der Waals surface area contributed by atoms with Gasteiger partial charge in [0.2, 0.25) is 11.8 Å². The first-order valence-electron chi connectivity index (χ1n) is 10.9. The lowest BCUT2D eigenvalue weighted by molar-refractivity contribution is -0.121. The van der Waals surface area contributed by atoms with Crippen molar-refractivity contribution >= 4 is 35.2 Å². The highest BCUT2D eigenvalue weighted by molar-refractivity contribution is 6.31. The molecule has 1 aromatic heterocycles. The summed E-state index contributed by atoms with van der Waals surface area (Å²) in [6.07, 6.45) is 3.59. The molecule has 7 heteroatoms. The summed E-state index contributed by atoms with van der Waals surface area (Å²) >= 11 is 6.28. The Labute approximate surface area is 199 Å². The molecule has 2 amide bonds. The molecule has 6 nitrogen and oxygen atoms in total. The summed E-state index contributed by atoms with van der Waals surface area (Å²) in [6.45, 7) is 8.31. The summed E-state index contributed by atoms with van der Waals surface area (Å²) in [4.78, 5) is 24.3. The van der Waals surface area contributed by atoms with E-state index in [4.69, 9.17) is 11.6 Å². The first kappa shape index (κ1) is 24.3. The highest BCUT2D eigenvalue weighted by Gasteiger charge is 2.11. The summed E-state index contributed by atoms with van der Waals surface area (Å²) in [6, 6.07) is 15.1. The highest BCUT2D eigenvalue weighted by Crippen LogP contribution is 2.20. The van der Waals surface area contributed by atoms with E-state index in [-0.39, 0.29) is 17.9 Å². The fourth-order valence-corrected chi connectivity index (χ4v) is 3.70. The van der Waals surface area contributed by atoms with Crippen LogP contribution < -0.4 is 10.6 Å². The zero-order valence-electron chi connectivity index (χ0n) is 19.4. The number of anilines is 1. The van der Waals surface area contributed by atoms with Crippen molar-refractivity contribution in [3.8, 4) is 0 Å². The van der Waals surface area contributed by atoms with Crippen LogP contribution in [0.3, 0.4) is 0 Å². The lowest BCUT2D eigenvalue weighted by Gasteiger charge is -2.09. The molecule has 172 valence electrons. The van der Waals surface area contributed by atoms with E-state index < -0.39 is 0 Å². The third-order valence-electron chi connectivity index (χ3n) is 5.15. The molecule has 0 unspecified atom stereocenters. The van der Waals surface area contributed by atoms with Crippen LogP contribution in [0.4, 0.5) is 5.69 Å². The minimum Gasteiger partial charge on any atom is -0.354 e. The predicted octanol–water partition coefficient (Wildman–Crippen LogP) is 4.92. The standard InChI is InChI=1S/C26H29ClN4O2/c1-17(2)28-26(33)15-20-9-11-22(12-10-20)29-25(32)14-13-23-18(3)30-31(19(23)4)16-21-7-5-6-8-24(21)27/h5-14,17H,15-16H2,1-4H3,(H,28,33)(H,29,32)/b14-13+. The van der Waals surface area contributed by atoms with E-state index in [0.29, 0.717) is 23.7 Å². The van der Waals surface area contributed by atoms with Gasteiger partial charge in [-0.05, 0) is 63.1 Å². The molecular formula is C26H29ClN4O2. The number of nitrogens with one attached hydrogen (secondary N) is 2. The van der Waals surface area contributed by atoms with Gasteiger partial charge in [0, 0.05) is 34.1 Å². The maximum Gasteiger partial charge on any atom is 0.248 e. The molecule has 2 aromatic carbocycles. The molecule has 0 spiro atoms. The van der Waals surface area contributed by atoms with Gasteiger partial charge < -0.3 is 10.6 Å². The monoisotopic (exact) mass is 464 g/mol. The van der Waals surface area contributed by atoms with E-state index >= 15 is 0 Å². The summed E-state index contributed by atoms with van der Waals surface area (Å²) < 4.78 is 1.89. The number of rotatable bonds is 8. The van der Waals surface area contributed by atoms with Crippen molar-refractivity contribution in [3.05, 3.63) is 87.7 Å². The molecular weight excluding hydrogens is 436 g/mol. The van der Waals surface area contributed by atoms with Crippen molar-refractivity contribution in [1.29, 1.82) is 0 Å². The molecule has 3 aromatic rings. The minimum atomic E-state index is -0.238. The number of amides is 2. The first-order valence-corrected chi connectivity index (χ1v) is 11.3. The van der Waals surface area contributed by atoms with E-state index in [0.717, 1.165) is 28.1 Å². The molecule has 0 radical (unpaired) electrons. The van der Waals surface area contributed by atoms with Gasteiger partial charge in [0.25, 0.3) is 0 Å². The number of carbonyl (C=O) groups excluding carboxylic acids is 2. The summed E-state index contributed by atoms with van der Waals surface area (Å²) in [7, 11) is 0. The van der Waals surface area contributed by atoms with Crippen molar-refractivity contribution in [2.45, 2.75) is 46.7 Å². The van der Waals surface area contributed by atoms with Gasteiger partial charge in [-0.2, -0.15) is 5.10 Å². The molecule has 0 aliphatic rings. The fourth-order valence-electron chi connectivity index (χ4n) is 3.50. The largest absolute Gasteiger partial charge is 0.354 e. The van der Waals surface area contributed by atoms with Crippen LogP contribution in [-0.4, -0.2) is 27.6 Å². The van der Waals surface area contributed by atoms with Crippen LogP contribution in [0.25, 0.3) is 6.08 Å². The number of carbonyl (C=O) groups is 2. The van der Waals surface area contributed by atoms with Gasteiger partial charge in [0.15, 0.2) is 0 Å². The van der Waals surface area contributed by atoms with Crippen molar-refractivity contribution in [2.75, 3.05) is 5.32 Å². The van der Waals surface area contributed by atoms with Crippen molar-refractivity contribution < 1.29 is 9.59 Å². The van der Waals surface area contributed by atoms with Gasteiger partial charge in [0.05, 0.1) is 18.7 Å². The second-order valence-electron chi connectivity index (χ2n) is 8.25. The van der Waals surface area contributed by atoms with Crippen LogP contribution in [0, 0.1) is 13.8 Å². The SMILES string of the molecule is Cc1nn(Cc2ccccc2Cl)c(C)c1/C=C/C(=O)Nc1ccc(CC(=O)NC(C)C)cc1. The zero-order valence-corrected chi connectivity index (χ0v) is 20.1. The third-order valence-corrected chi connectivity index (χ3v) is 5.52. The molecule has 0 fully saturated rings. The Balaban J connectivity index is 1.62. The molecule has 2 N–H and O–H groups in total. The quantitative estimate of drug-likeness (QED) is 0.464. The van der Waals surface area contributed by atoms with Gasteiger partial charge in [-0.3, -0.25) is 14.3 Å². The van der Waals surface area contributed by atoms with E-state index in [2.05, 4.69) is 15.7 Å². The van der Waals surface area contributed by atoms with Crippen LogP contribution in [-0.2, 0) is 22.6 Å². The maximum absolute atomic E-state index is 12.4. The Hall–Kier alpha value is -3.38. The number of nitrogens with zero attached hydrogens (tertiary/aromatic N) is 2. The lowest BCUT2D eigenvalue weighted by atomic mass is 10.1. The fraction of sp³-hybridized carbons (Fsp3) is 0.269. The van der Waals surface area contributed by atoms with Gasteiger partial charge in [-0.25, -0.2) is 0 Å². The second-order valence-corrected chi connectivity index (χ2v) is 8.66. The van der Waals surface area contributed by atoms with Gasteiger partial charge in [0.1, 0.15) is 0 Å². The van der Waals surface area contributed by atoms with E-state index in [1.807, 2.05) is 68.8 Å². The Bertz CT molecular complexity index is 1160. The van der Waals surface area contributed by atoms with Crippen LogP contribution >= 0.6 is 11.6 Å².